The van der Waals surface area contributed by atoms with Gasteiger partial charge in [-0.25, -0.2) is 27.5 Å². The maximum absolute atomic E-state index is 14.0. The van der Waals surface area contributed by atoms with Crippen molar-refractivity contribution in [3.63, 3.8) is 0 Å². The molecule has 15 heteroatoms. The second-order valence-corrected chi connectivity index (χ2v) is 16.6. The summed E-state index contributed by atoms with van der Waals surface area (Å²) in [6.45, 7) is 11.4. The number of carbonyl (C=O) groups excluding carboxylic acids is 2. The van der Waals surface area contributed by atoms with Gasteiger partial charge in [-0.3, -0.25) is 9.69 Å². The second-order valence-electron chi connectivity index (χ2n) is 16.6. The van der Waals surface area contributed by atoms with Gasteiger partial charge in [-0.1, -0.05) is 12.1 Å². The van der Waals surface area contributed by atoms with Crippen LogP contribution >= 0.6 is 0 Å². The van der Waals surface area contributed by atoms with Gasteiger partial charge in [0.1, 0.15) is 11.8 Å². The molecule has 2 aromatic heterocycles. The number of rotatable bonds is 6. The number of benzene rings is 1. The third kappa shape index (κ3) is 8.56. The summed E-state index contributed by atoms with van der Waals surface area (Å²) in [5, 5.41) is 14.0. The molecule has 3 aromatic rings. The first kappa shape index (κ1) is 38.2. The lowest BCUT2D eigenvalue weighted by atomic mass is 9.72. The van der Waals surface area contributed by atoms with E-state index < -0.39 is 24.0 Å². The van der Waals surface area contributed by atoms with E-state index >= 15 is 0 Å². The summed E-state index contributed by atoms with van der Waals surface area (Å²) in [7, 11) is 1.77. The van der Waals surface area contributed by atoms with Crippen LogP contribution in [-0.2, 0) is 17.7 Å². The molecule has 1 aromatic carbocycles. The molecule has 54 heavy (non-hydrogen) atoms. The Labute approximate surface area is 315 Å². The molecule has 2 unspecified atom stereocenters. The Morgan fingerprint density at radius 1 is 1.06 bits per heavy atom. The van der Waals surface area contributed by atoms with Crippen LogP contribution in [0.1, 0.15) is 87.3 Å². The monoisotopic (exact) mass is 753 g/mol. The van der Waals surface area contributed by atoms with Crippen molar-refractivity contribution >= 4 is 34.8 Å². The van der Waals surface area contributed by atoms with Crippen molar-refractivity contribution in [3.8, 4) is 0 Å². The first-order valence-electron chi connectivity index (χ1n) is 19.4. The fourth-order valence-electron chi connectivity index (χ4n) is 8.24. The predicted octanol–water partition coefficient (Wildman–Crippen LogP) is 5.92. The highest BCUT2D eigenvalue weighted by atomic mass is 19.3. The van der Waals surface area contributed by atoms with Crippen molar-refractivity contribution in [1.29, 1.82) is 0 Å². The lowest BCUT2D eigenvalue weighted by Crippen LogP contribution is -2.48. The predicted molar refractivity (Wildman–Crippen MR) is 201 cm³/mol. The van der Waals surface area contributed by atoms with E-state index in [4.69, 9.17) is 9.84 Å². The number of amides is 2. The van der Waals surface area contributed by atoms with E-state index in [0.717, 1.165) is 62.3 Å². The number of halogens is 3. The number of anilines is 3. The Hall–Kier alpha value is -4.11. The fourth-order valence-corrected chi connectivity index (χ4v) is 8.24. The highest BCUT2D eigenvalue weighted by molar-refractivity contribution is 5.94. The third-order valence-electron chi connectivity index (χ3n) is 11.4. The molecule has 0 bridgehead atoms. The Bertz CT molecular complexity index is 1830. The van der Waals surface area contributed by atoms with Crippen molar-refractivity contribution in [1.82, 2.24) is 35.0 Å². The van der Waals surface area contributed by atoms with Gasteiger partial charge in [0.15, 0.2) is 17.2 Å². The molecule has 2 atom stereocenters. The van der Waals surface area contributed by atoms with Crippen LogP contribution in [0.15, 0.2) is 30.5 Å². The van der Waals surface area contributed by atoms with Gasteiger partial charge in [0.05, 0.1) is 24.5 Å². The smallest absolute Gasteiger partial charge is 0.410 e. The number of likely N-dealkylation sites (tertiary alicyclic amines) is 2. The zero-order chi connectivity index (χ0) is 38.3. The molecule has 1 saturated carbocycles. The number of aromatic nitrogens is 3. The number of fused-ring (bicyclic) bond motifs is 2. The SMILES string of the molecule is CC(C)(C)OC(=O)N1CCC2(CCNCC2)CC1.CNc1cc(N2CCc3c(CN4CCCC(F)(F)C4)cccc32)nn2c(C(=O)NC3CC3F)cnc12. The lowest BCUT2D eigenvalue weighted by Gasteiger charge is -2.44. The molecule has 12 nitrogen and oxygen atoms in total. The molecule has 294 valence electrons. The quantitative estimate of drug-likeness (QED) is 0.282. The maximum Gasteiger partial charge on any atom is 0.410 e. The number of ether oxygens (including phenoxy) is 1. The van der Waals surface area contributed by atoms with E-state index in [2.05, 4.69) is 25.8 Å². The molecular weight excluding hydrogens is 699 g/mol. The molecule has 2 amide bonds. The number of nitrogens with one attached hydrogen (secondary N) is 3. The minimum atomic E-state index is -2.63. The summed E-state index contributed by atoms with van der Waals surface area (Å²) >= 11 is 0. The minimum Gasteiger partial charge on any atom is -0.444 e. The Balaban J connectivity index is 0.000000210. The van der Waals surface area contributed by atoms with Gasteiger partial charge in [-0.2, -0.15) is 0 Å². The average molecular weight is 754 g/mol. The molecule has 0 radical (unpaired) electrons. The van der Waals surface area contributed by atoms with E-state index in [0.29, 0.717) is 55.0 Å². The zero-order valence-electron chi connectivity index (χ0n) is 31.9. The van der Waals surface area contributed by atoms with Crippen LogP contribution in [0.5, 0.6) is 0 Å². The second kappa shape index (κ2) is 15.2. The van der Waals surface area contributed by atoms with Crippen molar-refractivity contribution in [2.75, 3.05) is 63.1 Å². The van der Waals surface area contributed by atoms with Crippen molar-refractivity contribution in [2.24, 2.45) is 5.41 Å². The normalized spacial score (nSPS) is 23.4. The summed E-state index contributed by atoms with van der Waals surface area (Å²) in [5.74, 6) is -2.42. The molecule has 4 aliphatic heterocycles. The molecule has 8 rings (SSSR count). The van der Waals surface area contributed by atoms with E-state index in [1.165, 1.54) is 23.6 Å². The molecule has 3 N–H and O–H groups in total. The summed E-state index contributed by atoms with van der Waals surface area (Å²) in [6, 6.07) is 7.40. The molecule has 4 fully saturated rings. The van der Waals surface area contributed by atoms with Gasteiger partial charge in [0.25, 0.3) is 11.8 Å². The van der Waals surface area contributed by atoms with Crippen molar-refractivity contribution in [2.45, 2.75) is 102 Å². The summed E-state index contributed by atoms with van der Waals surface area (Å²) in [6.07, 6.45) is 6.62. The highest BCUT2D eigenvalue weighted by Crippen LogP contribution is 2.40. The first-order chi connectivity index (χ1) is 25.7. The maximum atomic E-state index is 14.0. The molecule has 3 saturated heterocycles. The number of hydrogen-bond acceptors (Lipinski definition) is 9. The molecule has 1 spiro atoms. The fraction of sp³-hybridized carbons (Fsp3) is 0.641. The van der Waals surface area contributed by atoms with Crippen LogP contribution < -0.4 is 20.9 Å². The number of piperidine rings is 3. The number of hydrogen-bond donors (Lipinski definition) is 3. The van der Waals surface area contributed by atoms with Crippen LogP contribution in [-0.4, -0.2) is 113 Å². The van der Waals surface area contributed by atoms with Crippen LogP contribution in [0.4, 0.5) is 35.2 Å². The molecule has 6 heterocycles. The Morgan fingerprint density at radius 2 is 1.80 bits per heavy atom. The summed E-state index contributed by atoms with van der Waals surface area (Å²) < 4.78 is 48.1. The van der Waals surface area contributed by atoms with Gasteiger partial charge in [0.2, 0.25) is 0 Å². The molecule has 1 aliphatic carbocycles. The minimum absolute atomic E-state index is 0.0462. The third-order valence-corrected chi connectivity index (χ3v) is 11.4. The van der Waals surface area contributed by atoms with E-state index in [1.54, 1.807) is 7.05 Å². The number of carbonyl (C=O) groups is 2. The summed E-state index contributed by atoms with van der Waals surface area (Å²) in [5.41, 5.74) is 4.70. The lowest BCUT2D eigenvalue weighted by molar-refractivity contribution is -0.0661. The van der Waals surface area contributed by atoms with Crippen molar-refractivity contribution < 1.29 is 27.5 Å². The van der Waals surface area contributed by atoms with E-state index in [1.807, 2.05) is 54.8 Å². The van der Waals surface area contributed by atoms with Crippen LogP contribution in [0.25, 0.3) is 5.65 Å². The Kier molecular flexibility index (Phi) is 10.7. The van der Waals surface area contributed by atoms with E-state index in [-0.39, 0.29) is 30.4 Å². The number of nitrogens with zero attached hydrogens (tertiary/aromatic N) is 6. The molecular formula is C39H54F3N9O3. The highest BCUT2D eigenvalue weighted by Gasteiger charge is 2.40. The summed E-state index contributed by atoms with van der Waals surface area (Å²) in [4.78, 5) is 34.9. The van der Waals surface area contributed by atoms with Gasteiger partial charge in [0, 0.05) is 57.8 Å². The first-order valence-corrected chi connectivity index (χ1v) is 19.4. The van der Waals surface area contributed by atoms with Gasteiger partial charge in [-0.05, 0) is 102 Å². The van der Waals surface area contributed by atoms with Crippen molar-refractivity contribution in [3.05, 3.63) is 47.3 Å². The number of imidazole rings is 1. The topological polar surface area (TPSA) is 119 Å². The van der Waals surface area contributed by atoms with Crippen LogP contribution in [0, 0.1) is 5.41 Å². The van der Waals surface area contributed by atoms with Gasteiger partial charge >= 0.3 is 6.09 Å². The zero-order valence-corrected chi connectivity index (χ0v) is 31.9. The van der Waals surface area contributed by atoms with Crippen LogP contribution in [0.2, 0.25) is 0 Å². The molecule has 5 aliphatic rings. The number of alkyl halides is 3. The average Bonchev–Trinajstić information content (AvgIpc) is 3.46. The van der Waals surface area contributed by atoms with Crippen LogP contribution in [0.3, 0.4) is 0 Å². The largest absolute Gasteiger partial charge is 0.444 e. The van der Waals surface area contributed by atoms with Gasteiger partial charge in [-0.15, -0.1) is 5.10 Å². The Morgan fingerprint density at radius 3 is 2.46 bits per heavy atom. The standard InChI is InChI=1S/C25H28F3N7O.C14H26N2O2/c1-29-19-11-22(32-35-21(12-30-23(19)35)24(36)31-18-10-17(18)26)34-9-6-16-15(4-2-5-20(16)34)13-33-8-3-7-25(27,28)14-33;1-13(2,3)18-12(17)16-10-6-14(7-11-16)4-8-15-9-5-14/h2,4-5,11-12,17-18,29H,3,6-10,13-14H2,1H3,(H,31,36);15H,4-11H2,1-3H3. The van der Waals surface area contributed by atoms with Gasteiger partial charge < -0.3 is 30.5 Å². The van der Waals surface area contributed by atoms with E-state index in [9.17, 15) is 22.8 Å².